The summed E-state index contributed by atoms with van der Waals surface area (Å²) in [6, 6.07) is 1.35. The van der Waals surface area contributed by atoms with E-state index in [1.807, 2.05) is 27.7 Å². The van der Waals surface area contributed by atoms with Gasteiger partial charge in [0, 0.05) is 48.1 Å². The molecule has 2 aliphatic carbocycles. The summed E-state index contributed by atoms with van der Waals surface area (Å²) >= 11 is 1.10. The van der Waals surface area contributed by atoms with Gasteiger partial charge in [0.2, 0.25) is 0 Å². The summed E-state index contributed by atoms with van der Waals surface area (Å²) in [5.41, 5.74) is -0.951. The van der Waals surface area contributed by atoms with Gasteiger partial charge in [-0.1, -0.05) is 27.7 Å². The lowest BCUT2D eigenvalue weighted by Gasteiger charge is -2.38. The number of hydrogen-bond acceptors (Lipinski definition) is 7. The van der Waals surface area contributed by atoms with Crippen molar-refractivity contribution in [1.29, 1.82) is 0 Å². The van der Waals surface area contributed by atoms with Crippen LogP contribution in [0, 0.1) is 33.8 Å². The Morgan fingerprint density at radius 2 is 1.60 bits per heavy atom. The van der Waals surface area contributed by atoms with Crippen molar-refractivity contribution in [2.45, 2.75) is 66.2 Å². The number of nitro groups is 1. The fourth-order valence-electron chi connectivity index (χ4n) is 4.73. The first-order chi connectivity index (χ1) is 13.7. The van der Waals surface area contributed by atoms with E-state index < -0.39 is 27.6 Å². The van der Waals surface area contributed by atoms with Crippen LogP contribution in [-0.2, 0) is 14.4 Å². The Labute approximate surface area is 179 Å². The minimum absolute atomic E-state index is 0.0666. The Morgan fingerprint density at radius 1 is 1.07 bits per heavy atom. The van der Waals surface area contributed by atoms with Crippen molar-refractivity contribution < 1.29 is 24.4 Å². The van der Waals surface area contributed by atoms with Gasteiger partial charge in [-0.2, -0.15) is 0 Å². The number of allylic oxidation sites excluding steroid dienone is 2. The molecular formula is C22H27NO6S. The topological polar surface area (TPSA) is 115 Å². The van der Waals surface area contributed by atoms with Gasteiger partial charge in [-0.3, -0.25) is 24.5 Å². The van der Waals surface area contributed by atoms with Crippen LogP contribution in [0.15, 0.2) is 17.4 Å². The molecule has 3 rings (SSSR count). The molecule has 0 aliphatic heterocycles. The number of nitrogens with zero attached hydrogens (tertiary/aromatic N) is 1. The van der Waals surface area contributed by atoms with Gasteiger partial charge in [-0.05, 0) is 17.8 Å². The maximum absolute atomic E-state index is 13.1. The number of carbonyl (C=O) groups is 3. The van der Waals surface area contributed by atoms with Crippen LogP contribution in [0.1, 0.15) is 69.1 Å². The number of thiophene rings is 1. The smallest absolute Gasteiger partial charge is 0.283 e. The second-order valence-electron chi connectivity index (χ2n) is 10.1. The molecule has 1 aromatic heterocycles. The molecule has 7 nitrogen and oxygen atoms in total. The van der Waals surface area contributed by atoms with Crippen molar-refractivity contribution in [3.05, 3.63) is 37.3 Å². The Bertz CT molecular complexity index is 964. The summed E-state index contributed by atoms with van der Waals surface area (Å²) in [7, 11) is 0. The predicted molar refractivity (Wildman–Crippen MR) is 113 cm³/mol. The Morgan fingerprint density at radius 3 is 2.07 bits per heavy atom. The van der Waals surface area contributed by atoms with Crippen LogP contribution < -0.4 is 0 Å². The van der Waals surface area contributed by atoms with Crippen LogP contribution in [0.25, 0.3) is 0 Å². The van der Waals surface area contributed by atoms with Gasteiger partial charge in [-0.25, -0.2) is 0 Å². The maximum atomic E-state index is 13.1. The third-order valence-corrected chi connectivity index (χ3v) is 7.08. The van der Waals surface area contributed by atoms with Crippen LogP contribution in [0.3, 0.4) is 0 Å². The van der Waals surface area contributed by atoms with Crippen molar-refractivity contribution in [2.24, 2.45) is 16.7 Å². The van der Waals surface area contributed by atoms with E-state index in [2.05, 4.69) is 0 Å². The molecule has 30 heavy (non-hydrogen) atoms. The lowest BCUT2D eigenvalue weighted by atomic mass is 9.64. The molecule has 0 aromatic carbocycles. The van der Waals surface area contributed by atoms with E-state index >= 15 is 0 Å². The van der Waals surface area contributed by atoms with E-state index in [0.29, 0.717) is 9.75 Å². The zero-order valence-corrected chi connectivity index (χ0v) is 18.7. The number of ketones is 3. The van der Waals surface area contributed by atoms with Gasteiger partial charge >= 0.3 is 0 Å². The van der Waals surface area contributed by atoms with Crippen molar-refractivity contribution >= 4 is 34.4 Å². The van der Waals surface area contributed by atoms with Gasteiger partial charge in [0.15, 0.2) is 5.78 Å². The number of aryl methyl sites for hydroxylation is 1. The van der Waals surface area contributed by atoms with Gasteiger partial charge < -0.3 is 5.11 Å². The van der Waals surface area contributed by atoms with Crippen LogP contribution in [-0.4, -0.2) is 27.4 Å². The van der Waals surface area contributed by atoms with E-state index in [9.17, 15) is 29.6 Å². The second kappa shape index (κ2) is 7.41. The summed E-state index contributed by atoms with van der Waals surface area (Å²) in [5.74, 6) is -3.10. The molecular weight excluding hydrogens is 406 g/mol. The fraction of sp³-hybridized carbons (Fsp3) is 0.591. The molecule has 1 atom stereocenters. The van der Waals surface area contributed by atoms with E-state index in [-0.39, 0.29) is 60.1 Å². The van der Waals surface area contributed by atoms with Crippen LogP contribution in [0.2, 0.25) is 0 Å². The minimum Gasteiger partial charge on any atom is -0.512 e. The summed E-state index contributed by atoms with van der Waals surface area (Å²) < 4.78 is 0. The number of aliphatic hydroxyl groups excluding tert-OH is 1. The van der Waals surface area contributed by atoms with E-state index in [4.69, 9.17) is 0 Å². The van der Waals surface area contributed by atoms with Crippen molar-refractivity contribution in [3.63, 3.8) is 0 Å². The highest BCUT2D eigenvalue weighted by atomic mass is 32.1. The molecule has 1 aromatic rings. The van der Waals surface area contributed by atoms with Gasteiger partial charge in [0.25, 0.3) is 5.69 Å². The van der Waals surface area contributed by atoms with Crippen LogP contribution in [0.5, 0.6) is 0 Å². The molecule has 1 saturated carbocycles. The molecule has 1 fully saturated rings. The van der Waals surface area contributed by atoms with E-state index in [1.165, 1.54) is 6.07 Å². The molecule has 0 amide bonds. The Kier molecular flexibility index (Phi) is 5.52. The van der Waals surface area contributed by atoms with Crippen LogP contribution in [0.4, 0.5) is 5.69 Å². The maximum Gasteiger partial charge on any atom is 0.283 e. The normalized spacial score (nSPS) is 23.0. The minimum atomic E-state index is -1.11. The number of Topliss-reactive ketones (excluding diaryl/α,β-unsaturated/α-hetero) is 3. The average Bonchev–Trinajstić information content (AvgIpc) is 2.91. The number of aliphatic hydroxyl groups is 1. The first-order valence-electron chi connectivity index (χ1n) is 9.98. The SMILES string of the molecule is Cc1sc([C@@H](C2=C(O)CC(C)(C)CC2=O)C2C(=O)CC(C)(C)CC2=O)cc1[N+](=O)[O-]. The molecule has 162 valence electrons. The third kappa shape index (κ3) is 4.10. The van der Waals surface area contributed by atoms with Crippen LogP contribution >= 0.6 is 11.3 Å². The fourth-order valence-corrected chi connectivity index (χ4v) is 5.88. The monoisotopic (exact) mass is 433 g/mol. The van der Waals surface area contributed by atoms with E-state index in [0.717, 1.165) is 11.3 Å². The highest BCUT2D eigenvalue weighted by Gasteiger charge is 2.49. The molecule has 1 heterocycles. The molecule has 8 heteroatoms. The van der Waals surface area contributed by atoms with Crippen molar-refractivity contribution in [2.75, 3.05) is 0 Å². The summed E-state index contributed by atoms with van der Waals surface area (Å²) in [4.78, 5) is 50.9. The molecule has 0 radical (unpaired) electrons. The molecule has 1 N–H and O–H groups in total. The molecule has 0 bridgehead atoms. The molecule has 0 saturated heterocycles. The zero-order valence-electron chi connectivity index (χ0n) is 17.9. The molecule has 0 unspecified atom stereocenters. The lowest BCUT2D eigenvalue weighted by molar-refractivity contribution is -0.385. The first kappa shape index (κ1) is 22.3. The number of hydrogen-bond donors (Lipinski definition) is 1. The summed E-state index contributed by atoms with van der Waals surface area (Å²) in [5, 5.41) is 22.2. The standard InChI is InChI=1S/C22H27NO6S/c1-11-12(23(28)29)6-17(30-11)20(18-13(24)7-21(2,3)8-14(18)25)19-15(26)9-22(4,5)10-16(19)27/h6,18,20,26H,7-10H2,1-5H3/t20-/m1/s1. The zero-order chi connectivity index (χ0) is 22.6. The largest absolute Gasteiger partial charge is 0.512 e. The second-order valence-corrected chi connectivity index (χ2v) is 11.3. The average molecular weight is 434 g/mol. The quantitative estimate of drug-likeness (QED) is 0.413. The highest BCUT2D eigenvalue weighted by Crippen LogP contribution is 2.49. The van der Waals surface area contributed by atoms with E-state index in [1.54, 1.807) is 6.92 Å². The van der Waals surface area contributed by atoms with Gasteiger partial charge in [-0.15, -0.1) is 11.3 Å². The Hall–Kier alpha value is -2.35. The predicted octanol–water partition coefficient (Wildman–Crippen LogP) is 4.82. The highest BCUT2D eigenvalue weighted by molar-refractivity contribution is 7.12. The molecule has 0 spiro atoms. The third-order valence-electron chi connectivity index (χ3n) is 5.95. The Balaban J connectivity index is 2.19. The number of rotatable bonds is 4. The van der Waals surface area contributed by atoms with Gasteiger partial charge in [0.05, 0.1) is 15.7 Å². The summed E-state index contributed by atoms with van der Waals surface area (Å²) in [6.07, 6.45) is 0.785. The summed E-state index contributed by atoms with van der Waals surface area (Å²) in [6.45, 7) is 9.02. The van der Waals surface area contributed by atoms with Crippen molar-refractivity contribution in [1.82, 2.24) is 0 Å². The number of carbonyl (C=O) groups excluding carboxylic acids is 3. The van der Waals surface area contributed by atoms with Crippen molar-refractivity contribution in [3.8, 4) is 0 Å². The lowest BCUT2D eigenvalue weighted by Crippen LogP contribution is -2.42. The molecule has 2 aliphatic rings. The first-order valence-corrected chi connectivity index (χ1v) is 10.8. The van der Waals surface area contributed by atoms with Gasteiger partial charge in [0.1, 0.15) is 17.3 Å².